The van der Waals surface area contributed by atoms with Gasteiger partial charge in [0.15, 0.2) is 6.17 Å². The molecule has 0 heterocycles. The first-order chi connectivity index (χ1) is 7.02. The molecule has 0 spiro atoms. The molecule has 0 radical (unpaired) electrons. The molecule has 84 valence electrons. The average molecular weight is 210 g/mol. The van der Waals surface area contributed by atoms with Crippen molar-refractivity contribution in [2.75, 3.05) is 0 Å². The van der Waals surface area contributed by atoms with E-state index in [9.17, 15) is 9.59 Å². The van der Waals surface area contributed by atoms with E-state index in [1.165, 1.54) is 12.2 Å². The van der Waals surface area contributed by atoms with Crippen LogP contribution in [0.15, 0.2) is 9.98 Å². The Kier molecular flexibility index (Phi) is 6.52. The first kappa shape index (κ1) is 13.8. The zero-order valence-corrected chi connectivity index (χ0v) is 9.73. The van der Waals surface area contributed by atoms with Crippen LogP contribution in [0.2, 0.25) is 0 Å². The van der Waals surface area contributed by atoms with Crippen LogP contribution in [0.1, 0.15) is 34.1 Å². The number of rotatable bonds is 6. The Bertz CT molecular complexity index is 258. The van der Waals surface area contributed by atoms with Crippen LogP contribution in [-0.2, 0) is 9.59 Å². The van der Waals surface area contributed by atoms with Gasteiger partial charge in [0.05, 0.1) is 0 Å². The van der Waals surface area contributed by atoms with E-state index in [1.807, 2.05) is 0 Å². The standard InChI is InChI=1S/C11H18N2O2/c1-8(2)10(4)9(3)5-11(12-6-14)13-7-15/h8-11H,5H2,1-4H3. The van der Waals surface area contributed by atoms with Crippen molar-refractivity contribution in [1.29, 1.82) is 0 Å². The van der Waals surface area contributed by atoms with Gasteiger partial charge in [0, 0.05) is 0 Å². The Morgan fingerprint density at radius 3 is 1.80 bits per heavy atom. The van der Waals surface area contributed by atoms with Crippen LogP contribution in [0.5, 0.6) is 0 Å². The van der Waals surface area contributed by atoms with E-state index >= 15 is 0 Å². The lowest BCUT2D eigenvalue weighted by molar-refractivity contribution is 0.269. The second kappa shape index (κ2) is 7.10. The topological polar surface area (TPSA) is 58.9 Å². The molecule has 4 heteroatoms. The maximum absolute atomic E-state index is 10.1. The van der Waals surface area contributed by atoms with E-state index in [4.69, 9.17) is 0 Å². The van der Waals surface area contributed by atoms with E-state index in [0.717, 1.165) is 0 Å². The van der Waals surface area contributed by atoms with Gasteiger partial charge in [-0.3, -0.25) is 0 Å². The zero-order chi connectivity index (χ0) is 11.8. The van der Waals surface area contributed by atoms with Crippen LogP contribution in [-0.4, -0.2) is 18.3 Å². The van der Waals surface area contributed by atoms with Crippen molar-refractivity contribution < 1.29 is 9.59 Å². The Labute approximate surface area is 90.5 Å². The molecule has 0 aliphatic heterocycles. The van der Waals surface area contributed by atoms with Gasteiger partial charge in [0.2, 0.25) is 12.2 Å². The highest BCUT2D eigenvalue weighted by atomic mass is 16.1. The SMILES string of the molecule is CC(C)C(C)C(C)CC(N=C=O)N=C=O. The van der Waals surface area contributed by atoms with Gasteiger partial charge in [-0.1, -0.05) is 27.7 Å². The largest absolute Gasteiger partial charge is 0.237 e. The van der Waals surface area contributed by atoms with Crippen LogP contribution in [0, 0.1) is 17.8 Å². The van der Waals surface area contributed by atoms with Gasteiger partial charge in [-0.15, -0.1) is 0 Å². The lowest BCUT2D eigenvalue weighted by Gasteiger charge is -2.23. The molecule has 2 atom stereocenters. The summed E-state index contributed by atoms with van der Waals surface area (Å²) in [5.74, 6) is 1.40. The number of carbonyl (C=O) groups excluding carboxylic acids is 2. The molecule has 0 rings (SSSR count). The third kappa shape index (κ3) is 5.26. The molecule has 0 N–H and O–H groups in total. The number of aliphatic imine (C=N–C) groups is 2. The fourth-order valence-corrected chi connectivity index (χ4v) is 1.46. The Morgan fingerprint density at radius 1 is 1.00 bits per heavy atom. The summed E-state index contributed by atoms with van der Waals surface area (Å²) in [5, 5.41) is 0. The van der Waals surface area contributed by atoms with Gasteiger partial charge < -0.3 is 0 Å². The highest BCUT2D eigenvalue weighted by Crippen LogP contribution is 2.24. The first-order valence-corrected chi connectivity index (χ1v) is 5.16. The molecule has 0 aliphatic rings. The Balaban J connectivity index is 4.40. The summed E-state index contributed by atoms with van der Waals surface area (Å²) in [5.41, 5.74) is 0. The van der Waals surface area contributed by atoms with Gasteiger partial charge in [-0.25, -0.2) is 9.59 Å². The zero-order valence-electron chi connectivity index (χ0n) is 9.73. The lowest BCUT2D eigenvalue weighted by atomic mass is 9.84. The molecule has 0 fully saturated rings. The number of nitrogens with zero attached hydrogens (tertiary/aromatic N) is 2. The minimum Gasteiger partial charge on any atom is -0.211 e. The number of isocyanates is 2. The number of hydrogen-bond acceptors (Lipinski definition) is 4. The Hall–Kier alpha value is -1.24. The van der Waals surface area contributed by atoms with E-state index in [2.05, 4.69) is 37.7 Å². The van der Waals surface area contributed by atoms with E-state index in [-0.39, 0.29) is 0 Å². The van der Waals surface area contributed by atoms with Crippen LogP contribution >= 0.6 is 0 Å². The smallest absolute Gasteiger partial charge is 0.211 e. The van der Waals surface area contributed by atoms with Crippen molar-refractivity contribution in [3.63, 3.8) is 0 Å². The van der Waals surface area contributed by atoms with Gasteiger partial charge in [-0.2, -0.15) is 9.98 Å². The summed E-state index contributed by atoms with van der Waals surface area (Å²) in [6.45, 7) is 8.49. The van der Waals surface area contributed by atoms with Gasteiger partial charge in [0.1, 0.15) is 0 Å². The van der Waals surface area contributed by atoms with Crippen molar-refractivity contribution >= 4 is 12.2 Å². The first-order valence-electron chi connectivity index (χ1n) is 5.16. The van der Waals surface area contributed by atoms with E-state index in [0.29, 0.717) is 24.2 Å². The predicted molar refractivity (Wildman–Crippen MR) is 57.8 cm³/mol. The molecule has 0 bridgehead atoms. The summed E-state index contributed by atoms with van der Waals surface area (Å²) in [6, 6.07) is 0. The molecular weight excluding hydrogens is 192 g/mol. The molecule has 0 saturated carbocycles. The quantitative estimate of drug-likeness (QED) is 0.499. The second-order valence-corrected chi connectivity index (χ2v) is 4.24. The normalized spacial score (nSPS) is 16.1. The molecule has 0 aliphatic carbocycles. The Morgan fingerprint density at radius 2 is 1.47 bits per heavy atom. The van der Waals surface area contributed by atoms with Crippen molar-refractivity contribution in [1.82, 2.24) is 0 Å². The van der Waals surface area contributed by atoms with Gasteiger partial charge in [0.25, 0.3) is 0 Å². The summed E-state index contributed by atoms with van der Waals surface area (Å²) in [4.78, 5) is 27.1. The van der Waals surface area contributed by atoms with Crippen LogP contribution < -0.4 is 0 Å². The van der Waals surface area contributed by atoms with Crippen molar-refractivity contribution in [3.05, 3.63) is 0 Å². The highest BCUT2D eigenvalue weighted by Gasteiger charge is 2.19. The van der Waals surface area contributed by atoms with Crippen molar-refractivity contribution in [2.24, 2.45) is 27.7 Å². The van der Waals surface area contributed by atoms with Gasteiger partial charge >= 0.3 is 0 Å². The summed E-state index contributed by atoms with van der Waals surface area (Å²) in [7, 11) is 0. The van der Waals surface area contributed by atoms with Crippen LogP contribution in [0.3, 0.4) is 0 Å². The van der Waals surface area contributed by atoms with E-state index in [1.54, 1.807) is 0 Å². The molecular formula is C11H18N2O2. The molecule has 0 saturated heterocycles. The molecule has 15 heavy (non-hydrogen) atoms. The van der Waals surface area contributed by atoms with Crippen LogP contribution in [0.25, 0.3) is 0 Å². The molecule has 0 aromatic carbocycles. The van der Waals surface area contributed by atoms with Crippen molar-refractivity contribution in [2.45, 2.75) is 40.3 Å². The van der Waals surface area contributed by atoms with Crippen LogP contribution in [0.4, 0.5) is 0 Å². The minimum atomic E-state index is -0.615. The summed E-state index contributed by atoms with van der Waals surface area (Å²) < 4.78 is 0. The fourth-order valence-electron chi connectivity index (χ4n) is 1.46. The number of hydrogen-bond donors (Lipinski definition) is 0. The monoisotopic (exact) mass is 210 g/mol. The molecule has 4 nitrogen and oxygen atoms in total. The summed E-state index contributed by atoms with van der Waals surface area (Å²) in [6.07, 6.45) is 2.83. The lowest BCUT2D eigenvalue weighted by Crippen LogP contribution is -2.18. The molecule has 0 aromatic rings. The average Bonchev–Trinajstić information content (AvgIpc) is 2.17. The van der Waals surface area contributed by atoms with Gasteiger partial charge in [-0.05, 0) is 24.2 Å². The maximum atomic E-state index is 10.1. The minimum absolute atomic E-state index is 0.351. The third-order valence-electron chi connectivity index (χ3n) is 2.94. The molecule has 0 amide bonds. The summed E-state index contributed by atoms with van der Waals surface area (Å²) >= 11 is 0. The molecule has 2 unspecified atom stereocenters. The predicted octanol–water partition coefficient (Wildman–Crippen LogP) is 2.30. The maximum Gasteiger partial charge on any atom is 0.237 e. The fraction of sp³-hybridized carbons (Fsp3) is 0.818. The second-order valence-electron chi connectivity index (χ2n) is 4.24. The van der Waals surface area contributed by atoms with Crippen molar-refractivity contribution in [3.8, 4) is 0 Å². The third-order valence-corrected chi connectivity index (χ3v) is 2.94. The molecule has 0 aromatic heterocycles. The van der Waals surface area contributed by atoms with E-state index < -0.39 is 6.17 Å². The highest BCUT2D eigenvalue weighted by molar-refractivity contribution is 5.36.